The minimum Gasteiger partial charge on any atom is -0.348 e. The molecular weight excluding hydrogens is 280 g/mol. The number of piperidine rings is 1. The molecule has 6 heteroatoms. The number of aromatic nitrogens is 2. The van der Waals surface area contributed by atoms with Gasteiger partial charge in [-0.05, 0) is 39.0 Å². The highest BCUT2D eigenvalue weighted by Crippen LogP contribution is 2.20. The van der Waals surface area contributed by atoms with E-state index in [2.05, 4.69) is 15.3 Å². The lowest BCUT2D eigenvalue weighted by Crippen LogP contribution is -2.39. The molecule has 1 atom stereocenters. The number of hydrogen-bond acceptors (Lipinski definition) is 4. The maximum atomic E-state index is 12.0. The Morgan fingerprint density at radius 3 is 2.86 bits per heavy atom. The fraction of sp³-hybridized carbons (Fsp3) is 0.625. The van der Waals surface area contributed by atoms with Crippen molar-refractivity contribution < 1.29 is 9.59 Å². The Morgan fingerprint density at radius 1 is 1.41 bits per heavy atom. The molecule has 120 valence electrons. The normalized spacial score (nSPS) is 18.4. The number of carbonyl (C=O) groups is 2. The van der Waals surface area contributed by atoms with Gasteiger partial charge in [0.1, 0.15) is 5.69 Å². The molecule has 1 N–H and O–H groups in total. The predicted octanol–water partition coefficient (Wildman–Crippen LogP) is 1.42. The summed E-state index contributed by atoms with van der Waals surface area (Å²) >= 11 is 0. The Balaban J connectivity index is 2.01. The zero-order valence-corrected chi connectivity index (χ0v) is 13.5. The van der Waals surface area contributed by atoms with Gasteiger partial charge in [0.05, 0.1) is 11.9 Å². The van der Waals surface area contributed by atoms with Gasteiger partial charge in [-0.15, -0.1) is 0 Å². The topological polar surface area (TPSA) is 75.2 Å². The molecule has 1 aromatic rings. The molecule has 1 fully saturated rings. The molecule has 6 nitrogen and oxygen atoms in total. The molecule has 2 heterocycles. The summed E-state index contributed by atoms with van der Waals surface area (Å²) in [5, 5.41) is 2.82. The van der Waals surface area contributed by atoms with E-state index in [4.69, 9.17) is 0 Å². The Kier molecular flexibility index (Phi) is 5.46. The van der Waals surface area contributed by atoms with Crippen molar-refractivity contribution in [2.75, 3.05) is 13.1 Å². The van der Waals surface area contributed by atoms with Crippen LogP contribution in [0.5, 0.6) is 0 Å². The molecule has 0 aliphatic carbocycles. The molecule has 0 radical (unpaired) electrons. The Labute approximate surface area is 131 Å². The van der Waals surface area contributed by atoms with Crippen molar-refractivity contribution >= 4 is 11.8 Å². The van der Waals surface area contributed by atoms with Crippen LogP contribution in [0.25, 0.3) is 0 Å². The molecule has 1 saturated heterocycles. The van der Waals surface area contributed by atoms with Gasteiger partial charge in [0, 0.05) is 32.3 Å². The second-order valence-corrected chi connectivity index (χ2v) is 6.20. The maximum absolute atomic E-state index is 12.0. The van der Waals surface area contributed by atoms with E-state index in [1.165, 1.54) is 6.20 Å². The summed E-state index contributed by atoms with van der Waals surface area (Å²) in [5.41, 5.74) is 1.16. The SMILES string of the molecule is CC(=O)N1CCCC(Cc2cncc(C(=O)NC(C)C)n2)C1. The predicted molar refractivity (Wildman–Crippen MR) is 83.3 cm³/mol. The van der Waals surface area contributed by atoms with Crippen LogP contribution in [0.15, 0.2) is 12.4 Å². The third-order valence-corrected chi connectivity index (χ3v) is 3.80. The van der Waals surface area contributed by atoms with Crippen LogP contribution >= 0.6 is 0 Å². The van der Waals surface area contributed by atoms with Gasteiger partial charge >= 0.3 is 0 Å². The van der Waals surface area contributed by atoms with Crippen LogP contribution in [-0.4, -0.2) is 45.8 Å². The van der Waals surface area contributed by atoms with Crippen molar-refractivity contribution in [1.29, 1.82) is 0 Å². The van der Waals surface area contributed by atoms with Crippen molar-refractivity contribution in [3.8, 4) is 0 Å². The van der Waals surface area contributed by atoms with Gasteiger partial charge in [-0.2, -0.15) is 0 Å². The van der Waals surface area contributed by atoms with Gasteiger partial charge in [-0.1, -0.05) is 0 Å². The van der Waals surface area contributed by atoms with E-state index in [-0.39, 0.29) is 17.9 Å². The molecule has 0 spiro atoms. The van der Waals surface area contributed by atoms with E-state index < -0.39 is 0 Å². The summed E-state index contributed by atoms with van der Waals surface area (Å²) in [6, 6.07) is 0.0698. The summed E-state index contributed by atoms with van der Waals surface area (Å²) in [4.78, 5) is 33.9. The highest BCUT2D eigenvalue weighted by atomic mass is 16.2. The first-order chi connectivity index (χ1) is 10.5. The van der Waals surface area contributed by atoms with E-state index in [9.17, 15) is 9.59 Å². The first kappa shape index (κ1) is 16.4. The van der Waals surface area contributed by atoms with Crippen LogP contribution in [0.3, 0.4) is 0 Å². The van der Waals surface area contributed by atoms with Gasteiger partial charge in [-0.25, -0.2) is 4.98 Å². The molecule has 1 aliphatic heterocycles. The summed E-state index contributed by atoms with van der Waals surface area (Å²) in [6.45, 7) is 7.04. The standard InChI is InChI=1S/C16H24N4O2/c1-11(2)18-16(22)15-9-17-8-14(19-15)7-13-5-4-6-20(10-13)12(3)21/h8-9,11,13H,4-7,10H2,1-3H3,(H,18,22). The van der Waals surface area contributed by atoms with E-state index >= 15 is 0 Å². The second-order valence-electron chi connectivity index (χ2n) is 6.20. The average molecular weight is 304 g/mol. The summed E-state index contributed by atoms with van der Waals surface area (Å²) in [6.07, 6.45) is 6.04. The van der Waals surface area contributed by atoms with E-state index in [1.54, 1.807) is 13.1 Å². The summed E-state index contributed by atoms with van der Waals surface area (Å²) < 4.78 is 0. The Bertz CT molecular complexity index is 545. The molecule has 1 aliphatic rings. The molecule has 1 aromatic heterocycles. The first-order valence-corrected chi connectivity index (χ1v) is 7.83. The average Bonchev–Trinajstić information content (AvgIpc) is 2.47. The third kappa shape index (κ3) is 4.51. The number of hydrogen-bond donors (Lipinski definition) is 1. The molecule has 1 unspecified atom stereocenters. The van der Waals surface area contributed by atoms with Crippen LogP contribution in [-0.2, 0) is 11.2 Å². The lowest BCUT2D eigenvalue weighted by atomic mass is 9.93. The van der Waals surface area contributed by atoms with E-state index in [1.807, 2.05) is 18.7 Å². The lowest BCUT2D eigenvalue weighted by molar-refractivity contribution is -0.130. The fourth-order valence-electron chi connectivity index (χ4n) is 2.76. The number of nitrogens with one attached hydrogen (secondary N) is 1. The van der Waals surface area contributed by atoms with Gasteiger partial charge in [0.15, 0.2) is 0 Å². The maximum Gasteiger partial charge on any atom is 0.271 e. The number of rotatable bonds is 4. The van der Waals surface area contributed by atoms with Crippen molar-refractivity contribution in [2.24, 2.45) is 5.92 Å². The quantitative estimate of drug-likeness (QED) is 0.912. The van der Waals surface area contributed by atoms with Gasteiger partial charge in [0.2, 0.25) is 5.91 Å². The number of likely N-dealkylation sites (tertiary alicyclic amines) is 1. The van der Waals surface area contributed by atoms with Crippen LogP contribution < -0.4 is 5.32 Å². The molecule has 0 bridgehead atoms. The Morgan fingerprint density at radius 2 is 2.18 bits per heavy atom. The molecule has 2 rings (SSSR count). The molecular formula is C16H24N4O2. The molecule has 2 amide bonds. The zero-order valence-electron chi connectivity index (χ0n) is 13.5. The lowest BCUT2D eigenvalue weighted by Gasteiger charge is -2.31. The smallest absolute Gasteiger partial charge is 0.271 e. The Hall–Kier alpha value is -1.98. The number of nitrogens with zero attached hydrogens (tertiary/aromatic N) is 3. The van der Waals surface area contributed by atoms with Gasteiger partial charge in [0.25, 0.3) is 5.91 Å². The first-order valence-electron chi connectivity index (χ1n) is 7.83. The van der Waals surface area contributed by atoms with Gasteiger partial charge in [-0.3, -0.25) is 14.6 Å². The van der Waals surface area contributed by atoms with E-state index in [0.29, 0.717) is 11.6 Å². The molecule has 0 aromatic carbocycles. The van der Waals surface area contributed by atoms with Gasteiger partial charge < -0.3 is 10.2 Å². The molecule has 0 saturated carbocycles. The summed E-state index contributed by atoms with van der Waals surface area (Å²) in [7, 11) is 0. The highest BCUT2D eigenvalue weighted by Gasteiger charge is 2.22. The minimum atomic E-state index is -0.196. The monoisotopic (exact) mass is 304 g/mol. The van der Waals surface area contributed by atoms with Crippen LogP contribution in [0.2, 0.25) is 0 Å². The van der Waals surface area contributed by atoms with E-state index in [0.717, 1.165) is 38.0 Å². The third-order valence-electron chi connectivity index (χ3n) is 3.80. The molecule has 22 heavy (non-hydrogen) atoms. The van der Waals surface area contributed by atoms with Crippen LogP contribution in [0.1, 0.15) is 49.8 Å². The van der Waals surface area contributed by atoms with Crippen molar-refractivity contribution in [2.45, 2.75) is 46.1 Å². The van der Waals surface area contributed by atoms with Crippen molar-refractivity contribution in [3.63, 3.8) is 0 Å². The highest BCUT2D eigenvalue weighted by molar-refractivity contribution is 5.92. The zero-order chi connectivity index (χ0) is 16.1. The second kappa shape index (κ2) is 7.33. The minimum absolute atomic E-state index is 0.0698. The fourth-order valence-corrected chi connectivity index (χ4v) is 2.76. The van der Waals surface area contributed by atoms with Crippen LogP contribution in [0.4, 0.5) is 0 Å². The van der Waals surface area contributed by atoms with Crippen molar-refractivity contribution in [1.82, 2.24) is 20.2 Å². The number of amides is 2. The largest absolute Gasteiger partial charge is 0.348 e. The number of carbonyl (C=O) groups excluding carboxylic acids is 2. The summed E-state index contributed by atoms with van der Waals surface area (Å²) in [5.74, 6) is 0.314. The van der Waals surface area contributed by atoms with Crippen molar-refractivity contribution in [3.05, 3.63) is 23.8 Å². The van der Waals surface area contributed by atoms with Crippen LogP contribution in [0, 0.1) is 5.92 Å².